The van der Waals surface area contributed by atoms with E-state index in [0.29, 0.717) is 32.8 Å². The average molecular weight is 501 g/mol. The van der Waals surface area contributed by atoms with E-state index in [2.05, 4.69) is 62.4 Å². The Balaban J connectivity index is 1.38. The Hall–Kier alpha value is -3.41. The van der Waals surface area contributed by atoms with Crippen LogP contribution in [-0.4, -0.2) is 38.5 Å². The van der Waals surface area contributed by atoms with Crippen molar-refractivity contribution < 1.29 is 23.7 Å². The number of carbonyl (C=O) groups is 1. The molecular weight excluding hydrogens is 464 g/mol. The number of esters is 1. The number of carbonyl (C=O) groups excluding carboxylic acids is 1. The first kappa shape index (κ1) is 26.6. The molecule has 0 amide bonds. The predicted octanol–water partition coefficient (Wildman–Crippen LogP) is 6.48. The molecule has 1 aliphatic carbocycles. The molecular formula is C32H36O5. The van der Waals surface area contributed by atoms with Crippen molar-refractivity contribution in [2.75, 3.05) is 26.4 Å². The first-order valence-corrected chi connectivity index (χ1v) is 13.0. The molecule has 0 aromatic heterocycles. The van der Waals surface area contributed by atoms with Crippen LogP contribution >= 0.6 is 0 Å². The highest BCUT2D eigenvalue weighted by Gasteiger charge is 2.23. The fraction of sp³-hybridized carbons (Fsp3) is 0.344. The van der Waals surface area contributed by atoms with Crippen molar-refractivity contribution in [3.63, 3.8) is 0 Å². The molecule has 0 N–H and O–H groups in total. The first-order chi connectivity index (χ1) is 18.0. The van der Waals surface area contributed by atoms with Gasteiger partial charge in [0.05, 0.1) is 13.2 Å². The third-order valence-electron chi connectivity index (χ3n) is 6.39. The lowest BCUT2D eigenvalue weighted by Crippen LogP contribution is -2.28. The van der Waals surface area contributed by atoms with E-state index in [1.165, 1.54) is 33.4 Å². The fourth-order valence-electron chi connectivity index (χ4n) is 4.58. The molecule has 3 aromatic carbocycles. The van der Waals surface area contributed by atoms with Gasteiger partial charge in [0.2, 0.25) is 0 Å². The molecule has 0 bridgehead atoms. The van der Waals surface area contributed by atoms with Crippen molar-refractivity contribution in [3.8, 4) is 5.75 Å². The van der Waals surface area contributed by atoms with Crippen LogP contribution in [0.3, 0.4) is 0 Å². The SMILES string of the molecule is CCOC(=O)C(Cc1ccc(OCCOC2c3ccc(C)cc3C=Cc3ccc(C)cc32)cc1)OCC. The van der Waals surface area contributed by atoms with Gasteiger partial charge >= 0.3 is 5.97 Å². The van der Waals surface area contributed by atoms with Crippen LogP contribution in [0.1, 0.15) is 58.9 Å². The lowest BCUT2D eigenvalue weighted by atomic mass is 9.94. The Bertz CT molecular complexity index is 1230. The Morgan fingerprint density at radius 2 is 1.54 bits per heavy atom. The summed E-state index contributed by atoms with van der Waals surface area (Å²) < 4.78 is 23.1. The summed E-state index contributed by atoms with van der Waals surface area (Å²) in [6.07, 6.45) is 4.05. The molecule has 0 aliphatic heterocycles. The number of fused-ring (bicyclic) bond motifs is 2. The van der Waals surface area contributed by atoms with Crippen molar-refractivity contribution in [1.29, 1.82) is 0 Å². The topological polar surface area (TPSA) is 54.0 Å². The van der Waals surface area contributed by atoms with Gasteiger partial charge in [-0.05, 0) is 67.6 Å². The molecule has 0 spiro atoms. The number of aryl methyl sites for hydroxylation is 2. The highest BCUT2D eigenvalue weighted by Crippen LogP contribution is 2.36. The maximum atomic E-state index is 12.1. The summed E-state index contributed by atoms with van der Waals surface area (Å²) in [6, 6.07) is 20.8. The van der Waals surface area contributed by atoms with Crippen molar-refractivity contribution in [1.82, 2.24) is 0 Å². The molecule has 2 atom stereocenters. The van der Waals surface area contributed by atoms with Gasteiger partial charge in [0, 0.05) is 13.0 Å². The zero-order valence-electron chi connectivity index (χ0n) is 22.2. The van der Waals surface area contributed by atoms with Crippen LogP contribution in [0.5, 0.6) is 5.75 Å². The molecule has 4 rings (SSSR count). The van der Waals surface area contributed by atoms with E-state index in [9.17, 15) is 4.79 Å². The van der Waals surface area contributed by atoms with Crippen LogP contribution in [-0.2, 0) is 25.4 Å². The third kappa shape index (κ3) is 6.88. The molecule has 2 unspecified atom stereocenters. The monoisotopic (exact) mass is 500 g/mol. The summed E-state index contributed by atoms with van der Waals surface area (Å²) >= 11 is 0. The van der Waals surface area contributed by atoms with Gasteiger partial charge in [0.1, 0.15) is 18.5 Å². The summed E-state index contributed by atoms with van der Waals surface area (Å²) in [5.41, 5.74) is 8.13. The summed E-state index contributed by atoms with van der Waals surface area (Å²) in [6.45, 7) is 9.55. The third-order valence-corrected chi connectivity index (χ3v) is 6.39. The normalized spacial score (nSPS) is 14.9. The van der Waals surface area contributed by atoms with Gasteiger partial charge in [-0.3, -0.25) is 0 Å². The van der Waals surface area contributed by atoms with Crippen LogP contribution in [0.2, 0.25) is 0 Å². The summed E-state index contributed by atoms with van der Waals surface area (Å²) in [4.78, 5) is 12.1. The van der Waals surface area contributed by atoms with E-state index in [0.717, 1.165) is 11.3 Å². The fourth-order valence-corrected chi connectivity index (χ4v) is 4.58. The van der Waals surface area contributed by atoms with Gasteiger partial charge in [-0.2, -0.15) is 0 Å². The highest BCUT2D eigenvalue weighted by atomic mass is 16.6. The minimum Gasteiger partial charge on any atom is -0.491 e. The molecule has 194 valence electrons. The largest absolute Gasteiger partial charge is 0.491 e. The Morgan fingerprint density at radius 3 is 2.30 bits per heavy atom. The van der Waals surface area contributed by atoms with Crippen molar-refractivity contribution in [2.45, 2.75) is 46.3 Å². The van der Waals surface area contributed by atoms with E-state index in [4.69, 9.17) is 18.9 Å². The zero-order valence-corrected chi connectivity index (χ0v) is 22.2. The maximum absolute atomic E-state index is 12.1. The lowest BCUT2D eigenvalue weighted by molar-refractivity contribution is -0.156. The van der Waals surface area contributed by atoms with E-state index in [1.54, 1.807) is 6.92 Å². The van der Waals surface area contributed by atoms with Gasteiger partial charge < -0.3 is 18.9 Å². The maximum Gasteiger partial charge on any atom is 0.335 e. The number of ether oxygens (including phenoxy) is 4. The van der Waals surface area contributed by atoms with Gasteiger partial charge in [-0.25, -0.2) is 4.79 Å². The molecule has 0 saturated carbocycles. The molecule has 0 heterocycles. The molecule has 5 heteroatoms. The van der Waals surface area contributed by atoms with Crippen LogP contribution in [0.25, 0.3) is 12.2 Å². The van der Waals surface area contributed by atoms with Crippen molar-refractivity contribution >= 4 is 18.1 Å². The number of hydrogen-bond acceptors (Lipinski definition) is 5. The average Bonchev–Trinajstić information content (AvgIpc) is 3.03. The van der Waals surface area contributed by atoms with Crippen LogP contribution in [0, 0.1) is 13.8 Å². The molecule has 37 heavy (non-hydrogen) atoms. The van der Waals surface area contributed by atoms with Gasteiger partial charge in [0.25, 0.3) is 0 Å². The molecule has 5 nitrogen and oxygen atoms in total. The second kappa shape index (κ2) is 12.7. The van der Waals surface area contributed by atoms with Gasteiger partial charge in [0.15, 0.2) is 6.10 Å². The second-order valence-corrected chi connectivity index (χ2v) is 9.24. The summed E-state index contributed by atoms with van der Waals surface area (Å²) in [5.74, 6) is 0.426. The second-order valence-electron chi connectivity index (χ2n) is 9.24. The van der Waals surface area contributed by atoms with Crippen LogP contribution < -0.4 is 4.74 Å². The quantitative estimate of drug-likeness (QED) is 0.223. The Kier molecular flexibility index (Phi) is 9.15. The standard InChI is InChI=1S/C32H36O5/c1-5-34-30(32(33)35-6-2)21-24-9-14-27(15-10-24)36-17-18-37-31-28-16-8-22(3)19-26(28)13-12-25-11-7-23(4)20-29(25)31/h7-16,19-20,30-31H,5-6,17-18,21H2,1-4H3. The van der Waals surface area contributed by atoms with E-state index in [1.807, 2.05) is 31.2 Å². The predicted molar refractivity (Wildman–Crippen MR) is 147 cm³/mol. The molecule has 3 aromatic rings. The first-order valence-electron chi connectivity index (χ1n) is 13.0. The van der Waals surface area contributed by atoms with Gasteiger partial charge in [-0.1, -0.05) is 71.8 Å². The Labute approximate surface area is 220 Å². The van der Waals surface area contributed by atoms with Crippen molar-refractivity contribution in [3.05, 3.63) is 99.6 Å². The van der Waals surface area contributed by atoms with Gasteiger partial charge in [-0.15, -0.1) is 0 Å². The van der Waals surface area contributed by atoms with E-state index in [-0.39, 0.29) is 12.1 Å². The number of rotatable bonds is 11. The lowest BCUT2D eigenvalue weighted by Gasteiger charge is -2.22. The molecule has 0 radical (unpaired) electrons. The summed E-state index contributed by atoms with van der Waals surface area (Å²) in [5, 5.41) is 0. The minimum atomic E-state index is -0.600. The van der Waals surface area contributed by atoms with E-state index < -0.39 is 6.10 Å². The smallest absolute Gasteiger partial charge is 0.335 e. The van der Waals surface area contributed by atoms with Crippen LogP contribution in [0.4, 0.5) is 0 Å². The minimum absolute atomic E-state index is 0.162. The number of benzene rings is 3. The summed E-state index contributed by atoms with van der Waals surface area (Å²) in [7, 11) is 0. The molecule has 0 fully saturated rings. The molecule has 0 saturated heterocycles. The Morgan fingerprint density at radius 1 is 0.811 bits per heavy atom. The van der Waals surface area contributed by atoms with Crippen LogP contribution in [0.15, 0.2) is 60.7 Å². The highest BCUT2D eigenvalue weighted by molar-refractivity contribution is 5.77. The van der Waals surface area contributed by atoms with Crippen molar-refractivity contribution in [2.24, 2.45) is 0 Å². The molecule has 1 aliphatic rings. The number of hydrogen-bond donors (Lipinski definition) is 0. The van der Waals surface area contributed by atoms with E-state index >= 15 is 0 Å². The zero-order chi connectivity index (χ0) is 26.2.